The Bertz CT molecular complexity index is 1270. The fourth-order valence-electron chi connectivity index (χ4n) is 6.01. The Morgan fingerprint density at radius 2 is 1.80 bits per heavy atom. The van der Waals surface area contributed by atoms with Crippen molar-refractivity contribution in [3.63, 3.8) is 0 Å². The predicted molar refractivity (Wildman–Crippen MR) is 150 cm³/mol. The highest BCUT2D eigenvalue weighted by atomic mass is 32.2. The first-order valence-electron chi connectivity index (χ1n) is 13.9. The predicted octanol–water partition coefficient (Wildman–Crippen LogP) is 6.54. The molecule has 2 atom stereocenters. The fourth-order valence-corrected chi connectivity index (χ4v) is 8.28. The van der Waals surface area contributed by atoms with E-state index in [0.29, 0.717) is 30.2 Å². The second-order valence-electron chi connectivity index (χ2n) is 11.3. The number of benzene rings is 1. The van der Waals surface area contributed by atoms with E-state index < -0.39 is 28.0 Å². The van der Waals surface area contributed by atoms with E-state index in [1.807, 2.05) is 6.07 Å². The van der Waals surface area contributed by atoms with Gasteiger partial charge in [-0.1, -0.05) is 32.9 Å². The largest absolute Gasteiger partial charge is 0.391 e. The molecule has 40 heavy (non-hydrogen) atoms. The lowest BCUT2D eigenvalue weighted by Crippen LogP contribution is -2.35. The molecule has 1 amide bonds. The van der Waals surface area contributed by atoms with Crippen molar-refractivity contribution in [3.8, 4) is 0 Å². The van der Waals surface area contributed by atoms with Crippen LogP contribution in [0.4, 0.5) is 13.2 Å². The zero-order chi connectivity index (χ0) is 29.2. The van der Waals surface area contributed by atoms with Crippen molar-refractivity contribution in [1.82, 2.24) is 10.2 Å². The van der Waals surface area contributed by atoms with Crippen LogP contribution in [0.25, 0.3) is 0 Å². The van der Waals surface area contributed by atoms with Crippen molar-refractivity contribution >= 4 is 27.1 Å². The summed E-state index contributed by atoms with van der Waals surface area (Å²) in [4.78, 5) is 17.7. The average Bonchev–Trinajstić information content (AvgIpc) is 3.46. The van der Waals surface area contributed by atoms with E-state index in [4.69, 9.17) is 4.74 Å². The lowest BCUT2D eigenvalue weighted by molar-refractivity contribution is -0.184. The SMILES string of the molecule is CCS(=O)(=O)c1ccc([C@H](COC)NC(=O)c2cc3c(s2)[C@@H](C(C)C)N(CC2CCC(C(F)(F)F)CC2)C3)cc1. The zero-order valence-corrected chi connectivity index (χ0v) is 25.1. The molecule has 1 aliphatic carbocycles. The van der Waals surface area contributed by atoms with Crippen LogP contribution < -0.4 is 5.32 Å². The number of methoxy groups -OCH3 is 1. The van der Waals surface area contributed by atoms with Crippen molar-refractivity contribution < 1.29 is 31.1 Å². The van der Waals surface area contributed by atoms with E-state index in [-0.39, 0.29) is 48.0 Å². The number of fused-ring (bicyclic) bond motifs is 1. The Kier molecular flexibility index (Phi) is 9.69. The van der Waals surface area contributed by atoms with Crippen molar-refractivity contribution in [3.05, 3.63) is 51.2 Å². The summed E-state index contributed by atoms with van der Waals surface area (Å²) < 4.78 is 69.0. The molecule has 1 aliphatic heterocycles. The number of sulfone groups is 1. The second-order valence-corrected chi connectivity index (χ2v) is 14.7. The van der Waals surface area contributed by atoms with Crippen LogP contribution in [0.2, 0.25) is 0 Å². The van der Waals surface area contributed by atoms with Gasteiger partial charge >= 0.3 is 6.18 Å². The number of nitrogens with one attached hydrogen (secondary N) is 1. The summed E-state index contributed by atoms with van der Waals surface area (Å²) in [7, 11) is -1.77. The van der Waals surface area contributed by atoms with E-state index in [9.17, 15) is 26.4 Å². The minimum atomic E-state index is -4.10. The molecule has 0 bridgehead atoms. The molecule has 1 N–H and O–H groups in total. The average molecular weight is 601 g/mol. The van der Waals surface area contributed by atoms with Crippen LogP contribution >= 0.6 is 11.3 Å². The number of ether oxygens (including phenoxy) is 1. The third-order valence-corrected chi connectivity index (χ3v) is 11.2. The quantitative estimate of drug-likeness (QED) is 0.335. The van der Waals surface area contributed by atoms with E-state index in [2.05, 4.69) is 24.1 Å². The number of carbonyl (C=O) groups is 1. The molecule has 1 aromatic carbocycles. The zero-order valence-electron chi connectivity index (χ0n) is 23.5. The molecule has 222 valence electrons. The maximum Gasteiger partial charge on any atom is 0.391 e. The van der Waals surface area contributed by atoms with Crippen LogP contribution in [0.15, 0.2) is 35.2 Å². The van der Waals surface area contributed by atoms with Gasteiger partial charge in [-0.05, 0) is 66.8 Å². The molecular formula is C29H39F3N2O4S2. The molecule has 2 aromatic rings. The molecule has 1 aromatic heterocycles. The van der Waals surface area contributed by atoms with Gasteiger partial charge in [0.05, 0.1) is 34.1 Å². The lowest BCUT2D eigenvalue weighted by Gasteiger charge is -2.35. The van der Waals surface area contributed by atoms with Crippen molar-refractivity contribution in [2.24, 2.45) is 17.8 Å². The van der Waals surface area contributed by atoms with Crippen molar-refractivity contribution in [1.29, 1.82) is 0 Å². The molecule has 0 spiro atoms. The molecular weight excluding hydrogens is 561 g/mol. The topological polar surface area (TPSA) is 75.7 Å². The molecule has 0 saturated heterocycles. The van der Waals surface area contributed by atoms with Gasteiger partial charge in [0.2, 0.25) is 0 Å². The second kappa shape index (κ2) is 12.5. The fraction of sp³-hybridized carbons (Fsp3) is 0.621. The number of amides is 1. The van der Waals surface area contributed by atoms with Gasteiger partial charge in [-0.2, -0.15) is 13.2 Å². The summed E-state index contributed by atoms with van der Waals surface area (Å²) in [5.74, 6) is -0.824. The van der Waals surface area contributed by atoms with Gasteiger partial charge in [-0.15, -0.1) is 11.3 Å². The van der Waals surface area contributed by atoms with E-state index in [0.717, 1.165) is 22.5 Å². The molecule has 11 heteroatoms. The molecule has 2 aliphatic rings. The minimum absolute atomic E-state index is 0.0155. The minimum Gasteiger partial charge on any atom is -0.382 e. The summed E-state index contributed by atoms with van der Waals surface area (Å²) in [6.07, 6.45) is -2.49. The van der Waals surface area contributed by atoms with Gasteiger partial charge in [0, 0.05) is 31.1 Å². The van der Waals surface area contributed by atoms with Crippen LogP contribution in [0, 0.1) is 17.8 Å². The van der Waals surface area contributed by atoms with Crippen LogP contribution in [-0.4, -0.2) is 51.4 Å². The Morgan fingerprint density at radius 3 is 2.35 bits per heavy atom. The van der Waals surface area contributed by atoms with Gasteiger partial charge in [0.1, 0.15) is 0 Å². The summed E-state index contributed by atoms with van der Waals surface area (Å²) in [5.41, 5.74) is 1.86. The lowest BCUT2D eigenvalue weighted by atomic mass is 9.81. The van der Waals surface area contributed by atoms with Crippen LogP contribution in [0.5, 0.6) is 0 Å². The summed E-state index contributed by atoms with van der Waals surface area (Å²) >= 11 is 1.48. The number of hydrogen-bond donors (Lipinski definition) is 1. The number of thiophene rings is 1. The normalized spacial score (nSPS) is 22.9. The van der Waals surface area contributed by atoms with Gasteiger partial charge in [-0.3, -0.25) is 9.69 Å². The van der Waals surface area contributed by atoms with Gasteiger partial charge in [0.15, 0.2) is 9.84 Å². The first kappa shape index (κ1) is 31.0. The monoisotopic (exact) mass is 600 g/mol. The number of rotatable bonds is 10. The van der Waals surface area contributed by atoms with Crippen molar-refractivity contribution in [2.45, 2.75) is 76.2 Å². The van der Waals surface area contributed by atoms with Crippen LogP contribution in [0.1, 0.15) is 84.2 Å². The number of halogens is 3. The van der Waals surface area contributed by atoms with Gasteiger partial charge in [0.25, 0.3) is 5.91 Å². The summed E-state index contributed by atoms with van der Waals surface area (Å²) in [6, 6.07) is 8.14. The van der Waals surface area contributed by atoms with Gasteiger partial charge < -0.3 is 10.1 Å². The molecule has 6 nitrogen and oxygen atoms in total. The Balaban J connectivity index is 1.43. The number of hydrogen-bond acceptors (Lipinski definition) is 6. The summed E-state index contributed by atoms with van der Waals surface area (Å²) in [5, 5.41) is 3.04. The molecule has 0 unspecified atom stereocenters. The highest BCUT2D eigenvalue weighted by Gasteiger charge is 2.43. The molecule has 0 radical (unpaired) electrons. The number of carbonyl (C=O) groups excluding carboxylic acids is 1. The highest BCUT2D eigenvalue weighted by molar-refractivity contribution is 7.91. The van der Waals surface area contributed by atoms with Crippen LogP contribution in [0.3, 0.4) is 0 Å². The standard InChI is InChI=1S/C29H39F3N2O4S2/c1-5-40(36,37)23-12-8-20(9-13-23)24(17-38-4)33-28(35)25-14-21-16-34(26(18(2)3)27(21)39-25)15-19-6-10-22(11-7-19)29(30,31)32/h8-9,12-14,18-19,22,24,26H,5-7,10-11,15-17H2,1-4H3,(H,33,35)/t19?,22?,24-,26+/m0/s1. The smallest absolute Gasteiger partial charge is 0.382 e. The molecule has 1 saturated carbocycles. The number of alkyl halides is 3. The molecule has 4 rings (SSSR count). The maximum atomic E-state index is 13.3. The Labute approximate surface area is 239 Å². The maximum absolute atomic E-state index is 13.3. The van der Waals surface area contributed by atoms with E-state index >= 15 is 0 Å². The van der Waals surface area contributed by atoms with Crippen molar-refractivity contribution in [2.75, 3.05) is 26.0 Å². The first-order chi connectivity index (χ1) is 18.8. The number of nitrogens with zero attached hydrogens (tertiary/aromatic N) is 1. The third-order valence-electron chi connectivity index (χ3n) is 8.20. The van der Waals surface area contributed by atoms with Gasteiger partial charge in [-0.25, -0.2) is 8.42 Å². The Morgan fingerprint density at radius 1 is 1.15 bits per heavy atom. The highest BCUT2D eigenvalue weighted by Crippen LogP contribution is 2.46. The Hall–Kier alpha value is -1.95. The molecule has 2 heterocycles. The van der Waals surface area contributed by atoms with E-state index in [1.165, 1.54) is 11.3 Å². The summed E-state index contributed by atoms with van der Waals surface area (Å²) in [6.45, 7) is 7.58. The van der Waals surface area contributed by atoms with Crippen LogP contribution in [-0.2, 0) is 21.1 Å². The first-order valence-corrected chi connectivity index (χ1v) is 16.4. The van der Waals surface area contributed by atoms with E-state index in [1.54, 1.807) is 38.3 Å². The third kappa shape index (κ3) is 6.91. The molecule has 1 fully saturated rings.